The number of carbonyl (C=O) groups is 1. The van der Waals surface area contributed by atoms with E-state index in [1.54, 1.807) is 44.2 Å². The minimum atomic E-state index is -0.768. The number of rotatable bonds is 7. The summed E-state index contributed by atoms with van der Waals surface area (Å²) in [5.41, 5.74) is -0.549. The summed E-state index contributed by atoms with van der Waals surface area (Å²) in [6, 6.07) is 7.52. The van der Waals surface area contributed by atoms with Crippen LogP contribution >= 0.6 is 0 Å². The molecule has 1 aliphatic rings. The molecule has 2 aromatic carbocycles. The molecule has 1 aliphatic heterocycles. The molecule has 1 heterocycles. The van der Waals surface area contributed by atoms with E-state index in [0.29, 0.717) is 24.8 Å². The zero-order valence-corrected chi connectivity index (χ0v) is 17.9. The van der Waals surface area contributed by atoms with Gasteiger partial charge in [-0.25, -0.2) is 0 Å². The van der Waals surface area contributed by atoms with E-state index in [2.05, 4.69) is 0 Å². The highest BCUT2D eigenvalue weighted by atomic mass is 16.5. The molecule has 1 atom stereocenters. The molecule has 31 heavy (non-hydrogen) atoms. The van der Waals surface area contributed by atoms with Gasteiger partial charge < -0.3 is 25.2 Å². The van der Waals surface area contributed by atoms with Gasteiger partial charge in [0.1, 0.15) is 17.1 Å². The summed E-state index contributed by atoms with van der Waals surface area (Å²) in [5.74, 6) is -0.713. The lowest BCUT2D eigenvalue weighted by Gasteiger charge is -2.33. The van der Waals surface area contributed by atoms with Crippen LogP contribution in [0.5, 0.6) is 23.0 Å². The lowest BCUT2D eigenvalue weighted by molar-refractivity contribution is 0.0570. The fourth-order valence-electron chi connectivity index (χ4n) is 3.49. The first kappa shape index (κ1) is 22.4. The van der Waals surface area contributed by atoms with E-state index in [1.807, 2.05) is 6.92 Å². The molecule has 0 saturated heterocycles. The molecule has 2 aromatic rings. The fraction of sp³-hybridized carbons (Fsp3) is 0.320. The van der Waals surface area contributed by atoms with Crippen molar-refractivity contribution >= 4 is 17.9 Å². The van der Waals surface area contributed by atoms with Gasteiger partial charge >= 0.3 is 0 Å². The number of fused-ring (bicyclic) bond motifs is 1. The van der Waals surface area contributed by atoms with Crippen molar-refractivity contribution in [3.05, 3.63) is 59.2 Å². The highest BCUT2D eigenvalue weighted by Crippen LogP contribution is 2.46. The minimum absolute atomic E-state index is 0.0369. The van der Waals surface area contributed by atoms with E-state index in [9.17, 15) is 25.2 Å². The average Bonchev–Trinajstić information content (AvgIpc) is 2.69. The zero-order valence-electron chi connectivity index (χ0n) is 17.9. The van der Waals surface area contributed by atoms with E-state index in [-0.39, 0.29) is 34.1 Å². The first-order chi connectivity index (χ1) is 14.5. The largest absolute Gasteiger partial charge is 0.508 e. The highest BCUT2D eigenvalue weighted by Gasteiger charge is 2.32. The number of ketones is 1. The lowest BCUT2D eigenvalue weighted by Crippen LogP contribution is -2.32. The first-order valence-corrected chi connectivity index (χ1v) is 10.2. The first-order valence-electron chi connectivity index (χ1n) is 10.2. The Morgan fingerprint density at radius 3 is 2.48 bits per heavy atom. The van der Waals surface area contributed by atoms with Crippen LogP contribution in [0.4, 0.5) is 0 Å². The van der Waals surface area contributed by atoms with Crippen molar-refractivity contribution < 1.29 is 30.0 Å². The van der Waals surface area contributed by atoms with Crippen LogP contribution in [-0.2, 0) is 0 Å². The molecule has 6 nitrogen and oxygen atoms in total. The maximum Gasteiger partial charge on any atom is 0.189 e. The van der Waals surface area contributed by atoms with Crippen molar-refractivity contribution in [3.63, 3.8) is 0 Å². The third-order valence-corrected chi connectivity index (χ3v) is 5.25. The molecule has 0 spiro atoms. The van der Waals surface area contributed by atoms with Gasteiger partial charge in [0.15, 0.2) is 17.3 Å². The lowest BCUT2D eigenvalue weighted by atomic mass is 9.90. The van der Waals surface area contributed by atoms with E-state index >= 15 is 0 Å². The summed E-state index contributed by atoms with van der Waals surface area (Å²) in [6.07, 6.45) is 8.22. The second-order valence-corrected chi connectivity index (χ2v) is 8.74. The molecular weight excluding hydrogens is 396 g/mol. The second kappa shape index (κ2) is 8.47. The molecule has 0 amide bonds. The number of phenols is 3. The summed E-state index contributed by atoms with van der Waals surface area (Å²) < 4.78 is 5.99. The van der Waals surface area contributed by atoms with Gasteiger partial charge in [-0.3, -0.25) is 4.79 Å². The third-order valence-electron chi connectivity index (χ3n) is 5.25. The van der Waals surface area contributed by atoms with E-state index < -0.39 is 17.0 Å². The normalized spacial score (nSPS) is 18.1. The quantitative estimate of drug-likeness (QED) is 0.289. The molecule has 1 unspecified atom stereocenters. The summed E-state index contributed by atoms with van der Waals surface area (Å²) >= 11 is 0. The van der Waals surface area contributed by atoms with Crippen LogP contribution in [0.25, 0.3) is 12.2 Å². The molecule has 0 radical (unpaired) electrons. The summed E-state index contributed by atoms with van der Waals surface area (Å²) in [4.78, 5) is 12.6. The molecule has 0 aliphatic carbocycles. The Morgan fingerprint density at radius 1 is 1.16 bits per heavy atom. The summed E-state index contributed by atoms with van der Waals surface area (Å²) in [7, 11) is 0. The summed E-state index contributed by atoms with van der Waals surface area (Å²) in [6.45, 7) is 5.37. The number of phenolic OH excluding ortho intramolecular Hbond substituents is 3. The number of hydrogen-bond donors (Lipinski definition) is 4. The maximum atomic E-state index is 12.6. The molecule has 0 bridgehead atoms. The van der Waals surface area contributed by atoms with Gasteiger partial charge in [0.25, 0.3) is 0 Å². The van der Waals surface area contributed by atoms with Crippen molar-refractivity contribution in [1.82, 2.24) is 0 Å². The van der Waals surface area contributed by atoms with Crippen LogP contribution < -0.4 is 4.74 Å². The van der Waals surface area contributed by atoms with E-state index in [1.165, 1.54) is 24.3 Å². The number of ether oxygens (including phenoxy) is 1. The SMILES string of the molecule is CC(C)(O)CCCC1(C)C=Cc2c(O)c(C(=O)C=Cc3ccc(O)cc3)cc(O)c2O1. The van der Waals surface area contributed by atoms with Crippen molar-refractivity contribution in [2.45, 2.75) is 51.2 Å². The highest BCUT2D eigenvalue weighted by molar-refractivity contribution is 6.10. The molecular formula is C25H28O6. The van der Waals surface area contributed by atoms with Gasteiger partial charge in [-0.05, 0) is 82.0 Å². The van der Waals surface area contributed by atoms with Crippen LogP contribution in [0.15, 0.2) is 42.5 Å². The number of allylic oxidation sites excluding steroid dienone is 1. The zero-order chi connectivity index (χ0) is 22.8. The molecule has 164 valence electrons. The fourth-order valence-corrected chi connectivity index (χ4v) is 3.49. The molecule has 0 saturated carbocycles. The van der Waals surface area contributed by atoms with Gasteiger partial charge in [-0.15, -0.1) is 0 Å². The van der Waals surface area contributed by atoms with Crippen molar-refractivity contribution in [2.75, 3.05) is 0 Å². The second-order valence-electron chi connectivity index (χ2n) is 8.74. The topological polar surface area (TPSA) is 107 Å². The maximum absolute atomic E-state index is 12.6. The van der Waals surface area contributed by atoms with Crippen LogP contribution in [0.3, 0.4) is 0 Å². The van der Waals surface area contributed by atoms with Gasteiger partial charge in [0, 0.05) is 0 Å². The summed E-state index contributed by atoms with van der Waals surface area (Å²) in [5, 5.41) is 40.4. The molecule has 6 heteroatoms. The minimum Gasteiger partial charge on any atom is -0.508 e. The van der Waals surface area contributed by atoms with Gasteiger partial charge in [0.05, 0.1) is 16.7 Å². The number of benzene rings is 2. The smallest absolute Gasteiger partial charge is 0.189 e. The van der Waals surface area contributed by atoms with Crippen LogP contribution in [0.1, 0.15) is 61.5 Å². The predicted molar refractivity (Wildman–Crippen MR) is 119 cm³/mol. The molecule has 4 N–H and O–H groups in total. The van der Waals surface area contributed by atoms with Crippen molar-refractivity contribution in [2.24, 2.45) is 0 Å². The monoisotopic (exact) mass is 424 g/mol. The van der Waals surface area contributed by atoms with Crippen molar-refractivity contribution in [1.29, 1.82) is 0 Å². The van der Waals surface area contributed by atoms with Gasteiger partial charge in [-0.2, -0.15) is 0 Å². The van der Waals surface area contributed by atoms with Crippen LogP contribution in [0.2, 0.25) is 0 Å². The van der Waals surface area contributed by atoms with Gasteiger partial charge in [0.2, 0.25) is 0 Å². The molecule has 0 aromatic heterocycles. The molecule has 3 rings (SSSR count). The van der Waals surface area contributed by atoms with Crippen molar-refractivity contribution in [3.8, 4) is 23.0 Å². The Labute approximate surface area is 181 Å². The Balaban J connectivity index is 1.81. The Bertz CT molecular complexity index is 1030. The standard InChI is InChI=1S/C25H28O6/c1-24(2,30)12-4-13-25(3)14-11-18-22(29)19(15-21(28)23(18)31-25)20(27)10-7-16-5-8-17(26)9-6-16/h5-11,14-15,26,28-30H,4,12-13H2,1-3H3. The van der Waals surface area contributed by atoms with Crippen LogP contribution in [-0.4, -0.2) is 37.4 Å². The average molecular weight is 424 g/mol. The Hall–Kier alpha value is -3.25. The number of aromatic hydroxyl groups is 3. The van der Waals surface area contributed by atoms with E-state index in [4.69, 9.17) is 4.74 Å². The number of aliphatic hydroxyl groups is 1. The predicted octanol–water partition coefficient (Wildman–Crippen LogP) is 4.81. The Kier molecular flexibility index (Phi) is 6.13. The third kappa shape index (κ3) is 5.47. The number of hydrogen-bond acceptors (Lipinski definition) is 6. The molecule has 0 fully saturated rings. The van der Waals surface area contributed by atoms with Crippen LogP contribution in [0, 0.1) is 0 Å². The van der Waals surface area contributed by atoms with E-state index in [0.717, 1.165) is 0 Å². The Morgan fingerprint density at radius 2 is 1.84 bits per heavy atom. The number of carbonyl (C=O) groups excluding carboxylic acids is 1. The van der Waals surface area contributed by atoms with Gasteiger partial charge in [-0.1, -0.05) is 18.2 Å².